The van der Waals surface area contributed by atoms with Crippen molar-refractivity contribution in [3.8, 4) is 11.5 Å². The Balaban J connectivity index is 2.36. The number of benzene rings is 1. The molecule has 0 aliphatic rings. The van der Waals surface area contributed by atoms with Gasteiger partial charge in [0.05, 0.1) is 6.20 Å². The smallest absolute Gasteiger partial charge is 0.201 e. The molecule has 1 aromatic carbocycles. The summed E-state index contributed by atoms with van der Waals surface area (Å²) in [5, 5.41) is 0. The largest absolute Gasteiger partial charge is 0.451 e. The van der Waals surface area contributed by atoms with E-state index < -0.39 is 11.6 Å². The van der Waals surface area contributed by atoms with Crippen molar-refractivity contribution < 1.29 is 13.5 Å². The van der Waals surface area contributed by atoms with E-state index in [0.29, 0.717) is 11.5 Å². The van der Waals surface area contributed by atoms with Crippen LogP contribution in [0.5, 0.6) is 11.5 Å². The minimum Gasteiger partial charge on any atom is -0.451 e. The van der Waals surface area contributed by atoms with Gasteiger partial charge in [0.1, 0.15) is 11.5 Å². The van der Waals surface area contributed by atoms with Crippen molar-refractivity contribution in [3.63, 3.8) is 0 Å². The quantitative estimate of drug-likeness (QED) is 0.934. The molecule has 1 aromatic heterocycles. The fourth-order valence-corrected chi connectivity index (χ4v) is 1.61. The number of nitrogens with two attached hydrogens (primary N) is 1. The van der Waals surface area contributed by atoms with Crippen LogP contribution in [0.3, 0.4) is 0 Å². The zero-order valence-corrected chi connectivity index (χ0v) is 11.2. The molecule has 106 valence electrons. The topological polar surface area (TPSA) is 61.0 Å². The zero-order valence-electron chi connectivity index (χ0n) is 11.2. The number of hydrogen-bond donors (Lipinski definition) is 1. The van der Waals surface area contributed by atoms with Crippen LogP contribution < -0.4 is 10.5 Å². The maximum Gasteiger partial charge on any atom is 0.201 e. The molecule has 2 N–H and O–H groups in total. The third-order valence-electron chi connectivity index (χ3n) is 2.69. The van der Waals surface area contributed by atoms with Gasteiger partial charge >= 0.3 is 0 Å². The first-order valence-electron chi connectivity index (χ1n) is 6.20. The van der Waals surface area contributed by atoms with Gasteiger partial charge in [0, 0.05) is 12.5 Å². The molecule has 0 saturated carbocycles. The summed E-state index contributed by atoms with van der Waals surface area (Å²) in [7, 11) is 0. The molecular weight excluding hydrogens is 264 g/mol. The summed E-state index contributed by atoms with van der Waals surface area (Å²) >= 11 is 0. The lowest BCUT2D eigenvalue weighted by Gasteiger charge is -2.12. The van der Waals surface area contributed by atoms with Gasteiger partial charge in [-0.15, -0.1) is 0 Å². The Bertz CT molecular complexity index is 617. The summed E-state index contributed by atoms with van der Waals surface area (Å²) in [4.78, 5) is 8.39. The highest BCUT2D eigenvalue weighted by atomic mass is 19.2. The molecule has 20 heavy (non-hydrogen) atoms. The van der Waals surface area contributed by atoms with E-state index in [2.05, 4.69) is 9.97 Å². The van der Waals surface area contributed by atoms with Gasteiger partial charge in [0.25, 0.3) is 0 Å². The summed E-state index contributed by atoms with van der Waals surface area (Å²) in [6.45, 7) is 4.01. The van der Waals surface area contributed by atoms with Crippen LogP contribution in [0.4, 0.5) is 8.78 Å². The molecule has 0 aliphatic heterocycles. The molecule has 2 aromatic rings. The lowest BCUT2D eigenvalue weighted by atomic mass is 10.2. The highest BCUT2D eigenvalue weighted by Crippen LogP contribution is 2.27. The predicted molar refractivity (Wildman–Crippen MR) is 70.4 cm³/mol. The van der Waals surface area contributed by atoms with Crippen molar-refractivity contribution in [2.45, 2.75) is 26.3 Å². The molecule has 0 bridgehead atoms. The third-order valence-corrected chi connectivity index (χ3v) is 2.69. The molecule has 0 spiro atoms. The number of rotatable bonds is 4. The standard InChI is InChI=1S/C14H15F2N3O/c1-8(2)14-18-7-12(10(6-17)19-14)20-11-5-3-4-9(15)13(11)16/h3-5,7-8H,6,17H2,1-2H3. The summed E-state index contributed by atoms with van der Waals surface area (Å²) < 4.78 is 32.0. The summed E-state index contributed by atoms with van der Waals surface area (Å²) in [6, 6.07) is 3.71. The molecule has 6 heteroatoms. The van der Waals surface area contributed by atoms with Gasteiger partial charge in [-0.05, 0) is 12.1 Å². The number of ether oxygens (including phenoxy) is 1. The van der Waals surface area contributed by atoms with Gasteiger partial charge in [-0.2, -0.15) is 4.39 Å². The SMILES string of the molecule is CC(C)c1ncc(Oc2cccc(F)c2F)c(CN)n1. The molecule has 0 aliphatic carbocycles. The molecule has 2 rings (SSSR count). The highest BCUT2D eigenvalue weighted by Gasteiger charge is 2.14. The van der Waals surface area contributed by atoms with E-state index in [1.807, 2.05) is 13.8 Å². The second-order valence-electron chi connectivity index (χ2n) is 4.55. The Morgan fingerprint density at radius 1 is 1.25 bits per heavy atom. The van der Waals surface area contributed by atoms with Gasteiger partial charge in [-0.25, -0.2) is 14.4 Å². The number of halogens is 2. The zero-order chi connectivity index (χ0) is 14.7. The normalized spacial score (nSPS) is 10.9. The van der Waals surface area contributed by atoms with Crippen LogP contribution in [0.25, 0.3) is 0 Å². The Hall–Kier alpha value is -2.08. The van der Waals surface area contributed by atoms with Crippen molar-refractivity contribution in [2.75, 3.05) is 0 Å². The van der Waals surface area contributed by atoms with Gasteiger partial charge < -0.3 is 10.5 Å². The first-order valence-corrected chi connectivity index (χ1v) is 6.20. The maximum atomic E-state index is 13.6. The number of hydrogen-bond acceptors (Lipinski definition) is 4. The molecule has 0 amide bonds. The van der Waals surface area contributed by atoms with E-state index in [9.17, 15) is 8.78 Å². The Morgan fingerprint density at radius 2 is 2.00 bits per heavy atom. The second kappa shape index (κ2) is 5.92. The highest BCUT2D eigenvalue weighted by molar-refractivity contribution is 5.34. The van der Waals surface area contributed by atoms with E-state index in [0.717, 1.165) is 6.07 Å². The first-order chi connectivity index (χ1) is 9.52. The fraction of sp³-hybridized carbons (Fsp3) is 0.286. The van der Waals surface area contributed by atoms with Crippen LogP contribution in [0.1, 0.15) is 31.3 Å². The molecule has 1 heterocycles. The Morgan fingerprint density at radius 3 is 2.65 bits per heavy atom. The van der Waals surface area contributed by atoms with Crippen molar-refractivity contribution in [2.24, 2.45) is 5.73 Å². The van der Waals surface area contributed by atoms with Crippen molar-refractivity contribution in [1.29, 1.82) is 0 Å². The summed E-state index contributed by atoms with van der Waals surface area (Å²) in [5.41, 5.74) is 6.05. The molecule has 4 nitrogen and oxygen atoms in total. The van der Waals surface area contributed by atoms with Gasteiger partial charge in [0.2, 0.25) is 5.82 Å². The Labute approximate surface area is 115 Å². The molecule has 0 unspecified atom stereocenters. The fourth-order valence-electron chi connectivity index (χ4n) is 1.61. The first kappa shape index (κ1) is 14.3. The maximum absolute atomic E-state index is 13.6. The van der Waals surface area contributed by atoms with Crippen LogP contribution in [0.2, 0.25) is 0 Å². The lowest BCUT2D eigenvalue weighted by Crippen LogP contribution is -2.08. The second-order valence-corrected chi connectivity index (χ2v) is 4.55. The molecule has 0 fully saturated rings. The van der Waals surface area contributed by atoms with Crippen LogP contribution >= 0.6 is 0 Å². The minimum absolute atomic E-state index is 0.120. The van der Waals surface area contributed by atoms with Crippen molar-refractivity contribution >= 4 is 0 Å². The average molecular weight is 279 g/mol. The van der Waals surface area contributed by atoms with Gasteiger partial charge in [-0.3, -0.25) is 0 Å². The van der Waals surface area contributed by atoms with Crippen LogP contribution in [-0.2, 0) is 6.54 Å². The molecule has 0 radical (unpaired) electrons. The Kier molecular flexibility index (Phi) is 4.24. The van der Waals surface area contributed by atoms with E-state index >= 15 is 0 Å². The van der Waals surface area contributed by atoms with Gasteiger partial charge in [-0.1, -0.05) is 19.9 Å². The molecule has 0 saturated heterocycles. The van der Waals surface area contributed by atoms with E-state index in [1.54, 1.807) is 0 Å². The monoisotopic (exact) mass is 279 g/mol. The summed E-state index contributed by atoms with van der Waals surface area (Å²) in [5.74, 6) is -1.26. The lowest BCUT2D eigenvalue weighted by molar-refractivity contribution is 0.409. The average Bonchev–Trinajstić information content (AvgIpc) is 2.44. The van der Waals surface area contributed by atoms with Crippen LogP contribution in [0, 0.1) is 11.6 Å². The van der Waals surface area contributed by atoms with Crippen molar-refractivity contribution in [3.05, 3.63) is 47.5 Å². The van der Waals surface area contributed by atoms with E-state index in [-0.39, 0.29) is 24.0 Å². The minimum atomic E-state index is -1.05. The third kappa shape index (κ3) is 2.91. The van der Waals surface area contributed by atoms with Crippen LogP contribution in [0.15, 0.2) is 24.4 Å². The van der Waals surface area contributed by atoms with Crippen LogP contribution in [-0.4, -0.2) is 9.97 Å². The molecule has 0 atom stereocenters. The van der Waals surface area contributed by atoms with Gasteiger partial charge in [0.15, 0.2) is 17.3 Å². The summed E-state index contributed by atoms with van der Waals surface area (Å²) in [6.07, 6.45) is 1.43. The number of nitrogens with zero attached hydrogens (tertiary/aromatic N) is 2. The van der Waals surface area contributed by atoms with Crippen molar-refractivity contribution in [1.82, 2.24) is 9.97 Å². The predicted octanol–water partition coefficient (Wildman–Crippen LogP) is 3.13. The number of aromatic nitrogens is 2. The molecular formula is C14H15F2N3O. The van der Waals surface area contributed by atoms with E-state index in [4.69, 9.17) is 10.5 Å². The van der Waals surface area contributed by atoms with E-state index in [1.165, 1.54) is 18.3 Å².